The predicted octanol–water partition coefficient (Wildman–Crippen LogP) is 3.56. The Morgan fingerprint density at radius 2 is 2.12 bits per heavy atom. The zero-order valence-corrected chi connectivity index (χ0v) is 15.6. The fourth-order valence-electron chi connectivity index (χ4n) is 2.35. The number of ether oxygens (including phenoxy) is 1. The molecular weight excluding hydrogens is 350 g/mol. The number of amides is 1. The van der Waals surface area contributed by atoms with Crippen molar-refractivity contribution in [1.82, 2.24) is 10.3 Å². The molecule has 0 aliphatic carbocycles. The number of aromatic nitrogens is 1. The quantitative estimate of drug-likeness (QED) is 0.492. The first-order valence-electron chi connectivity index (χ1n) is 8.45. The van der Waals surface area contributed by atoms with Crippen LogP contribution in [0.2, 0.25) is 0 Å². The Labute approximate surface area is 157 Å². The van der Waals surface area contributed by atoms with Gasteiger partial charge in [0, 0.05) is 11.9 Å². The van der Waals surface area contributed by atoms with Gasteiger partial charge in [-0.25, -0.2) is 9.78 Å². The Kier molecular flexibility index (Phi) is 7.82. The van der Waals surface area contributed by atoms with Crippen LogP contribution < -0.4 is 10.6 Å². The molecule has 1 aromatic heterocycles. The average molecular weight is 373 g/mol. The summed E-state index contributed by atoms with van der Waals surface area (Å²) in [5, 5.41) is 8.11. The normalized spacial score (nSPS) is 11.4. The minimum absolute atomic E-state index is 0.0959. The van der Waals surface area contributed by atoms with Crippen LogP contribution in [0.3, 0.4) is 0 Å². The van der Waals surface area contributed by atoms with Crippen LogP contribution in [-0.4, -0.2) is 30.0 Å². The third kappa shape index (κ3) is 6.00. The monoisotopic (exact) mass is 373 g/mol. The summed E-state index contributed by atoms with van der Waals surface area (Å²) in [4.78, 5) is 28.3. The van der Waals surface area contributed by atoms with Crippen LogP contribution in [0.4, 0.5) is 5.13 Å². The molecule has 0 saturated carbocycles. The number of nitrogens with zero attached hydrogens (tertiary/aromatic N) is 1. The Balaban J connectivity index is 1.85. The van der Waals surface area contributed by atoms with Crippen LogP contribution in [0.5, 0.6) is 0 Å². The number of benzene rings is 1. The van der Waals surface area contributed by atoms with Gasteiger partial charge in [-0.1, -0.05) is 49.8 Å². The molecule has 0 radical (unpaired) electrons. The molecule has 0 saturated heterocycles. The van der Waals surface area contributed by atoms with Gasteiger partial charge in [0.2, 0.25) is 0 Å². The van der Waals surface area contributed by atoms with Crippen molar-refractivity contribution >= 4 is 28.3 Å². The maximum absolute atomic E-state index is 12.2. The summed E-state index contributed by atoms with van der Waals surface area (Å²) < 4.78 is 5.07. The van der Waals surface area contributed by atoms with Crippen molar-refractivity contribution in [3.8, 4) is 0 Å². The Morgan fingerprint density at radius 3 is 2.81 bits per heavy atom. The van der Waals surface area contributed by atoms with E-state index in [4.69, 9.17) is 4.74 Å². The smallest absolute Gasteiger partial charge is 0.358 e. The van der Waals surface area contributed by atoms with Gasteiger partial charge in [-0.2, -0.15) is 0 Å². The number of thiazole rings is 1. The van der Waals surface area contributed by atoms with E-state index in [1.807, 2.05) is 30.3 Å². The zero-order chi connectivity index (χ0) is 18.8. The first-order valence-corrected chi connectivity index (χ1v) is 9.33. The van der Waals surface area contributed by atoms with Crippen LogP contribution in [0.25, 0.3) is 0 Å². The van der Waals surface area contributed by atoms with E-state index in [1.54, 1.807) is 11.5 Å². The number of carbonyl (C=O) groups is 2. The zero-order valence-electron chi connectivity index (χ0n) is 14.7. The molecule has 1 heterocycles. The van der Waals surface area contributed by atoms with Crippen molar-refractivity contribution in [3.63, 3.8) is 0 Å². The lowest BCUT2D eigenvalue weighted by Crippen LogP contribution is -2.32. The van der Waals surface area contributed by atoms with Gasteiger partial charge in [0.1, 0.15) is 0 Å². The molecule has 26 heavy (non-hydrogen) atoms. The highest BCUT2D eigenvalue weighted by Gasteiger charge is 2.17. The van der Waals surface area contributed by atoms with Gasteiger partial charge >= 0.3 is 5.97 Å². The minimum Gasteiger partial charge on any atom is -0.451 e. The highest BCUT2D eigenvalue weighted by Crippen LogP contribution is 2.18. The standard InChI is InChI=1S/C19H23N3O3S/c1-3-8-15(14-9-6-5-7-10-14)21-17(23)12-25-18(24)16-13-26-19(22-16)20-11-4-2/h4-7,9-10,13,15H,2-3,8,11-12H2,1H3,(H,20,22)(H,21,23)/t15-/m1/s1. The van der Waals surface area contributed by atoms with Gasteiger partial charge < -0.3 is 15.4 Å². The fraction of sp³-hybridized carbons (Fsp3) is 0.316. The molecule has 1 atom stereocenters. The molecule has 2 aromatic rings. The largest absolute Gasteiger partial charge is 0.451 e. The van der Waals surface area contributed by atoms with Crippen LogP contribution >= 0.6 is 11.3 Å². The molecular formula is C19H23N3O3S. The van der Waals surface area contributed by atoms with Crippen LogP contribution in [0, 0.1) is 0 Å². The highest BCUT2D eigenvalue weighted by atomic mass is 32.1. The number of rotatable bonds is 10. The summed E-state index contributed by atoms with van der Waals surface area (Å²) in [6.45, 7) is 5.88. The van der Waals surface area contributed by atoms with E-state index in [9.17, 15) is 9.59 Å². The van der Waals surface area contributed by atoms with E-state index in [1.165, 1.54) is 11.3 Å². The third-order valence-corrected chi connectivity index (χ3v) is 4.36. The average Bonchev–Trinajstić information content (AvgIpc) is 3.14. The molecule has 0 spiro atoms. The molecule has 138 valence electrons. The molecule has 7 heteroatoms. The molecule has 0 aliphatic heterocycles. The second kappa shape index (κ2) is 10.4. The van der Waals surface area contributed by atoms with E-state index in [0.29, 0.717) is 11.7 Å². The molecule has 6 nitrogen and oxygen atoms in total. The Bertz CT molecular complexity index is 731. The van der Waals surface area contributed by atoms with Crippen molar-refractivity contribution in [2.75, 3.05) is 18.5 Å². The summed E-state index contributed by atoms with van der Waals surface area (Å²) >= 11 is 1.30. The van der Waals surface area contributed by atoms with Gasteiger partial charge in [0.05, 0.1) is 6.04 Å². The second-order valence-electron chi connectivity index (χ2n) is 5.60. The van der Waals surface area contributed by atoms with Crippen molar-refractivity contribution in [1.29, 1.82) is 0 Å². The van der Waals surface area contributed by atoms with Gasteiger partial charge in [-0.05, 0) is 12.0 Å². The first-order chi connectivity index (χ1) is 12.6. The number of nitrogens with one attached hydrogen (secondary N) is 2. The molecule has 2 rings (SSSR count). The Morgan fingerprint density at radius 1 is 1.35 bits per heavy atom. The SMILES string of the molecule is C=CCNc1nc(C(=O)OCC(=O)N[C@H](CCC)c2ccccc2)cs1. The molecule has 0 unspecified atom stereocenters. The van der Waals surface area contributed by atoms with Crippen molar-refractivity contribution in [2.45, 2.75) is 25.8 Å². The fourth-order valence-corrected chi connectivity index (χ4v) is 3.04. The number of anilines is 1. The lowest BCUT2D eigenvalue weighted by Gasteiger charge is -2.18. The molecule has 0 bridgehead atoms. The second-order valence-corrected chi connectivity index (χ2v) is 6.46. The summed E-state index contributed by atoms with van der Waals surface area (Å²) in [6, 6.07) is 9.65. The molecule has 0 aliphatic rings. The van der Waals surface area contributed by atoms with Crippen LogP contribution in [-0.2, 0) is 9.53 Å². The molecule has 2 N–H and O–H groups in total. The summed E-state index contributed by atoms with van der Waals surface area (Å²) in [5.41, 5.74) is 1.22. The van der Waals surface area contributed by atoms with Gasteiger partial charge in [0.15, 0.2) is 17.4 Å². The lowest BCUT2D eigenvalue weighted by molar-refractivity contribution is -0.125. The predicted molar refractivity (Wildman–Crippen MR) is 103 cm³/mol. The van der Waals surface area contributed by atoms with Gasteiger partial charge in [-0.15, -0.1) is 17.9 Å². The molecule has 1 amide bonds. The number of hydrogen-bond donors (Lipinski definition) is 2. The summed E-state index contributed by atoms with van der Waals surface area (Å²) in [5.74, 6) is -0.948. The maximum Gasteiger partial charge on any atom is 0.358 e. The van der Waals surface area contributed by atoms with E-state index >= 15 is 0 Å². The highest BCUT2D eigenvalue weighted by molar-refractivity contribution is 7.13. The number of esters is 1. The minimum atomic E-state index is -0.616. The van der Waals surface area contributed by atoms with Gasteiger partial charge in [0.25, 0.3) is 5.91 Å². The van der Waals surface area contributed by atoms with E-state index in [2.05, 4.69) is 29.1 Å². The van der Waals surface area contributed by atoms with Crippen LogP contribution in [0.1, 0.15) is 41.9 Å². The summed E-state index contributed by atoms with van der Waals surface area (Å²) in [6.07, 6.45) is 3.44. The Hall–Kier alpha value is -2.67. The first kappa shape index (κ1) is 19.7. The number of hydrogen-bond acceptors (Lipinski definition) is 6. The topological polar surface area (TPSA) is 80.3 Å². The third-order valence-electron chi connectivity index (χ3n) is 3.56. The van der Waals surface area contributed by atoms with E-state index in [0.717, 1.165) is 18.4 Å². The van der Waals surface area contributed by atoms with E-state index in [-0.39, 0.29) is 24.2 Å². The molecule has 0 fully saturated rings. The summed E-state index contributed by atoms with van der Waals surface area (Å²) in [7, 11) is 0. The van der Waals surface area contributed by atoms with Crippen molar-refractivity contribution < 1.29 is 14.3 Å². The van der Waals surface area contributed by atoms with E-state index < -0.39 is 5.97 Å². The van der Waals surface area contributed by atoms with Gasteiger partial charge in [-0.3, -0.25) is 4.79 Å². The van der Waals surface area contributed by atoms with Crippen molar-refractivity contribution in [3.05, 3.63) is 59.6 Å². The van der Waals surface area contributed by atoms with Crippen molar-refractivity contribution in [2.24, 2.45) is 0 Å². The maximum atomic E-state index is 12.2. The van der Waals surface area contributed by atoms with Crippen LogP contribution in [0.15, 0.2) is 48.4 Å². The molecule has 1 aromatic carbocycles. The lowest BCUT2D eigenvalue weighted by atomic mass is 10.0. The number of carbonyl (C=O) groups excluding carboxylic acids is 2.